The number of aromatic nitrogens is 1. The van der Waals surface area contributed by atoms with Crippen LogP contribution in [0.3, 0.4) is 0 Å². The summed E-state index contributed by atoms with van der Waals surface area (Å²) < 4.78 is 5.81. The van der Waals surface area contributed by atoms with Gasteiger partial charge in [-0.05, 0) is 24.3 Å². The number of hydrogen-bond acceptors (Lipinski definition) is 3. The molecule has 6 heteroatoms. The summed E-state index contributed by atoms with van der Waals surface area (Å²) in [6, 6.07) is 7.58. The van der Waals surface area contributed by atoms with Crippen LogP contribution in [0.25, 0.3) is 10.9 Å². The molecule has 2 rings (SSSR count). The fourth-order valence-electron chi connectivity index (χ4n) is 2.07. The van der Waals surface area contributed by atoms with Gasteiger partial charge in [0.1, 0.15) is 5.69 Å². The van der Waals surface area contributed by atoms with E-state index in [1.807, 2.05) is 24.3 Å². The van der Waals surface area contributed by atoms with Crippen molar-refractivity contribution in [2.75, 3.05) is 27.3 Å². The van der Waals surface area contributed by atoms with Crippen molar-refractivity contribution >= 4 is 32.7 Å². The predicted octanol–water partition coefficient (Wildman–Crippen LogP) is 2.01. The van der Waals surface area contributed by atoms with Gasteiger partial charge in [-0.2, -0.15) is 0 Å². The number of rotatable bonds is 5. The number of methoxy groups -OCH3 is 1. The Hall–Kier alpha value is -1.37. The fourth-order valence-corrected chi connectivity index (χ4v) is 2.45. The first kappa shape index (κ1) is 15.0. The molecule has 1 aromatic carbocycles. The van der Waals surface area contributed by atoms with Crippen molar-refractivity contribution in [3.8, 4) is 0 Å². The van der Waals surface area contributed by atoms with E-state index in [-0.39, 0.29) is 19.1 Å². The van der Waals surface area contributed by atoms with Crippen molar-refractivity contribution in [1.29, 1.82) is 0 Å². The fraction of sp³-hybridized carbons (Fsp3) is 0.357. The van der Waals surface area contributed by atoms with Crippen molar-refractivity contribution in [3.05, 3.63) is 34.4 Å². The largest absolute Gasteiger partial charge is 0.389 e. The summed E-state index contributed by atoms with van der Waals surface area (Å²) in [5.74, 6) is -0.160. The summed E-state index contributed by atoms with van der Waals surface area (Å²) in [6.45, 7) is 0.434. The Bertz CT molecular complexity index is 611. The number of fused-ring (bicyclic) bond motifs is 1. The summed E-state index contributed by atoms with van der Waals surface area (Å²) in [5, 5.41) is 10.6. The number of halogens is 1. The molecule has 20 heavy (non-hydrogen) atoms. The lowest BCUT2D eigenvalue weighted by atomic mass is 10.2. The van der Waals surface area contributed by atoms with Gasteiger partial charge in [0.2, 0.25) is 0 Å². The van der Waals surface area contributed by atoms with Crippen LogP contribution in [0.1, 0.15) is 10.5 Å². The Morgan fingerprint density at radius 2 is 2.25 bits per heavy atom. The van der Waals surface area contributed by atoms with Crippen molar-refractivity contribution in [3.63, 3.8) is 0 Å². The second-order valence-electron chi connectivity index (χ2n) is 4.71. The average Bonchev–Trinajstić information content (AvgIpc) is 2.80. The minimum atomic E-state index is -0.688. The quantitative estimate of drug-likeness (QED) is 0.874. The number of carbonyl (C=O) groups excluding carboxylic acids is 1. The summed E-state index contributed by atoms with van der Waals surface area (Å²) in [6.07, 6.45) is -0.688. The first-order chi connectivity index (χ1) is 9.51. The minimum absolute atomic E-state index is 0.160. The SMILES string of the molecule is COCC(O)CN(C)C(=O)c1cc2cc(Br)ccc2[nH]1. The Balaban J connectivity index is 2.14. The van der Waals surface area contributed by atoms with Crippen molar-refractivity contribution < 1.29 is 14.6 Å². The molecule has 1 amide bonds. The number of hydrogen-bond donors (Lipinski definition) is 2. The normalized spacial score (nSPS) is 12.6. The highest BCUT2D eigenvalue weighted by atomic mass is 79.9. The van der Waals surface area contributed by atoms with Gasteiger partial charge in [0.25, 0.3) is 5.91 Å². The highest BCUT2D eigenvalue weighted by Crippen LogP contribution is 2.21. The maximum absolute atomic E-state index is 12.3. The molecule has 0 radical (unpaired) electrons. The van der Waals surface area contributed by atoms with Crippen LogP contribution in [-0.4, -0.2) is 54.3 Å². The van der Waals surface area contributed by atoms with Crippen LogP contribution in [0.4, 0.5) is 0 Å². The molecule has 0 bridgehead atoms. The molecule has 1 unspecified atom stereocenters. The summed E-state index contributed by atoms with van der Waals surface area (Å²) in [7, 11) is 3.17. The Kier molecular flexibility index (Phi) is 4.80. The van der Waals surface area contributed by atoms with E-state index < -0.39 is 6.10 Å². The van der Waals surface area contributed by atoms with Crippen molar-refractivity contribution in [2.45, 2.75) is 6.10 Å². The summed E-state index contributed by atoms with van der Waals surface area (Å²) in [5.41, 5.74) is 1.41. The van der Waals surface area contributed by atoms with Crippen LogP contribution >= 0.6 is 15.9 Å². The molecule has 108 valence electrons. The lowest BCUT2D eigenvalue weighted by molar-refractivity contribution is 0.0378. The van der Waals surface area contributed by atoms with Gasteiger partial charge in [-0.1, -0.05) is 15.9 Å². The van der Waals surface area contributed by atoms with E-state index >= 15 is 0 Å². The highest BCUT2D eigenvalue weighted by Gasteiger charge is 2.17. The third kappa shape index (κ3) is 3.39. The molecule has 0 aliphatic heterocycles. The van der Waals surface area contributed by atoms with E-state index in [0.29, 0.717) is 5.69 Å². The molecule has 0 saturated heterocycles. The molecule has 1 heterocycles. The number of nitrogens with zero attached hydrogens (tertiary/aromatic N) is 1. The number of aliphatic hydroxyl groups excluding tert-OH is 1. The lowest BCUT2D eigenvalue weighted by Crippen LogP contribution is -2.36. The Morgan fingerprint density at radius 1 is 1.50 bits per heavy atom. The van der Waals surface area contributed by atoms with E-state index in [2.05, 4.69) is 20.9 Å². The maximum atomic E-state index is 12.3. The van der Waals surface area contributed by atoms with Gasteiger partial charge in [-0.25, -0.2) is 0 Å². The number of carbonyl (C=O) groups is 1. The van der Waals surface area contributed by atoms with E-state index in [9.17, 15) is 9.90 Å². The third-order valence-corrected chi connectivity index (χ3v) is 3.50. The van der Waals surface area contributed by atoms with Crippen molar-refractivity contribution in [1.82, 2.24) is 9.88 Å². The number of amides is 1. The topological polar surface area (TPSA) is 65.6 Å². The zero-order valence-electron chi connectivity index (χ0n) is 11.4. The maximum Gasteiger partial charge on any atom is 0.270 e. The highest BCUT2D eigenvalue weighted by molar-refractivity contribution is 9.10. The molecule has 1 aromatic heterocycles. The number of benzene rings is 1. The van der Waals surface area contributed by atoms with Gasteiger partial charge in [0.05, 0.1) is 12.7 Å². The molecule has 1 atom stereocenters. The summed E-state index contributed by atoms with van der Waals surface area (Å²) in [4.78, 5) is 16.8. The van der Waals surface area contributed by atoms with Crippen LogP contribution in [0, 0.1) is 0 Å². The van der Waals surface area contributed by atoms with E-state index in [0.717, 1.165) is 15.4 Å². The van der Waals surface area contributed by atoms with Crippen LogP contribution in [0.15, 0.2) is 28.7 Å². The zero-order chi connectivity index (χ0) is 14.7. The van der Waals surface area contributed by atoms with E-state index in [1.165, 1.54) is 12.0 Å². The molecule has 0 saturated carbocycles. The molecule has 0 aliphatic carbocycles. The van der Waals surface area contributed by atoms with Crippen LogP contribution in [-0.2, 0) is 4.74 Å². The Morgan fingerprint density at radius 3 is 2.95 bits per heavy atom. The van der Waals surface area contributed by atoms with Gasteiger partial charge in [0, 0.05) is 36.1 Å². The third-order valence-electron chi connectivity index (χ3n) is 3.00. The smallest absolute Gasteiger partial charge is 0.270 e. The monoisotopic (exact) mass is 340 g/mol. The molecule has 2 N–H and O–H groups in total. The van der Waals surface area contributed by atoms with Crippen LogP contribution < -0.4 is 0 Å². The lowest BCUT2D eigenvalue weighted by Gasteiger charge is -2.19. The van der Waals surface area contributed by atoms with Gasteiger partial charge in [-0.15, -0.1) is 0 Å². The van der Waals surface area contributed by atoms with Gasteiger partial charge in [0.15, 0.2) is 0 Å². The number of aromatic amines is 1. The predicted molar refractivity (Wildman–Crippen MR) is 80.8 cm³/mol. The molecule has 0 spiro atoms. The Labute approximate surface area is 125 Å². The van der Waals surface area contributed by atoms with Gasteiger partial charge >= 0.3 is 0 Å². The van der Waals surface area contributed by atoms with Gasteiger partial charge in [-0.3, -0.25) is 4.79 Å². The second-order valence-corrected chi connectivity index (χ2v) is 5.63. The number of H-pyrrole nitrogens is 1. The number of likely N-dealkylation sites (N-methyl/N-ethyl adjacent to an activating group) is 1. The first-order valence-electron chi connectivity index (χ1n) is 6.22. The number of nitrogens with one attached hydrogen (secondary N) is 1. The minimum Gasteiger partial charge on any atom is -0.389 e. The first-order valence-corrected chi connectivity index (χ1v) is 7.01. The molecule has 0 fully saturated rings. The second kappa shape index (κ2) is 6.39. The van der Waals surface area contributed by atoms with Crippen LogP contribution in [0.5, 0.6) is 0 Å². The molecule has 2 aromatic rings. The zero-order valence-corrected chi connectivity index (χ0v) is 13.0. The molecular formula is C14H17BrN2O3. The standard InChI is InChI=1S/C14H17BrN2O3/c1-17(7-11(18)8-20-2)14(19)13-6-9-5-10(15)3-4-12(9)16-13/h3-6,11,16,18H,7-8H2,1-2H3. The summed E-state index contributed by atoms with van der Waals surface area (Å²) >= 11 is 3.40. The molecule has 0 aliphatic rings. The van der Waals surface area contributed by atoms with Gasteiger partial charge < -0.3 is 19.7 Å². The number of ether oxygens (including phenoxy) is 1. The average molecular weight is 341 g/mol. The number of aliphatic hydroxyl groups is 1. The van der Waals surface area contributed by atoms with E-state index in [4.69, 9.17) is 4.74 Å². The van der Waals surface area contributed by atoms with Crippen LogP contribution in [0.2, 0.25) is 0 Å². The van der Waals surface area contributed by atoms with Crippen molar-refractivity contribution in [2.24, 2.45) is 0 Å². The molecule has 5 nitrogen and oxygen atoms in total. The van der Waals surface area contributed by atoms with E-state index in [1.54, 1.807) is 7.05 Å². The molecular weight excluding hydrogens is 324 g/mol.